The minimum Gasteiger partial charge on any atom is -0.330 e. The van der Waals surface area contributed by atoms with Gasteiger partial charge in [-0.05, 0) is 44.6 Å². The molecule has 0 aliphatic heterocycles. The van der Waals surface area contributed by atoms with Gasteiger partial charge < -0.3 is 11.1 Å². The van der Waals surface area contributed by atoms with Gasteiger partial charge in [-0.25, -0.2) is 0 Å². The molecule has 0 aromatic carbocycles. The number of nitrogens with two attached hydrogens (primary N) is 1. The van der Waals surface area contributed by atoms with Crippen molar-refractivity contribution < 1.29 is 0 Å². The maximum Gasteiger partial charge on any atom is 0.0110 e. The lowest BCUT2D eigenvalue weighted by molar-refractivity contribution is 0.239. The summed E-state index contributed by atoms with van der Waals surface area (Å²) in [6, 6.07) is 1.32. The van der Waals surface area contributed by atoms with E-state index in [-0.39, 0.29) is 0 Å². The minimum absolute atomic E-state index is 0.645. The van der Waals surface area contributed by atoms with Gasteiger partial charge in [-0.15, -0.1) is 0 Å². The fraction of sp³-hybridized carbons (Fsp3) is 1.00. The van der Waals surface area contributed by atoms with Gasteiger partial charge in [-0.2, -0.15) is 0 Å². The van der Waals surface area contributed by atoms with Gasteiger partial charge in [0.2, 0.25) is 0 Å². The van der Waals surface area contributed by atoms with E-state index in [1.54, 1.807) is 0 Å². The summed E-state index contributed by atoms with van der Waals surface area (Å²) >= 11 is 0. The van der Waals surface area contributed by atoms with Gasteiger partial charge >= 0.3 is 0 Å². The average molecular weight is 226 g/mol. The molecule has 1 aliphatic carbocycles. The Hall–Kier alpha value is -0.0800. The van der Waals surface area contributed by atoms with Crippen molar-refractivity contribution >= 4 is 0 Å². The number of rotatable bonds is 6. The average Bonchev–Trinajstić information content (AvgIpc) is 2.29. The third-order valence-corrected chi connectivity index (χ3v) is 4.16. The van der Waals surface area contributed by atoms with E-state index in [0.29, 0.717) is 18.0 Å². The molecule has 0 amide bonds. The van der Waals surface area contributed by atoms with Crippen molar-refractivity contribution in [1.82, 2.24) is 5.32 Å². The van der Waals surface area contributed by atoms with Crippen molar-refractivity contribution in [1.29, 1.82) is 0 Å². The van der Waals surface area contributed by atoms with E-state index < -0.39 is 0 Å². The Morgan fingerprint density at radius 2 is 1.94 bits per heavy atom. The molecular formula is C14H30N2. The summed E-state index contributed by atoms with van der Waals surface area (Å²) in [7, 11) is 0. The predicted octanol–water partition coefficient (Wildman–Crippen LogP) is 2.92. The molecule has 1 rings (SSSR count). The van der Waals surface area contributed by atoms with Gasteiger partial charge in [-0.3, -0.25) is 0 Å². The predicted molar refractivity (Wildman–Crippen MR) is 71.5 cm³/mol. The van der Waals surface area contributed by atoms with Crippen LogP contribution in [-0.2, 0) is 0 Å². The van der Waals surface area contributed by atoms with Gasteiger partial charge in [0, 0.05) is 12.1 Å². The highest BCUT2D eigenvalue weighted by molar-refractivity contribution is 4.83. The third-order valence-electron chi connectivity index (χ3n) is 4.16. The molecule has 2 heteroatoms. The zero-order valence-corrected chi connectivity index (χ0v) is 11.3. The Kier molecular flexibility index (Phi) is 6.37. The number of nitrogens with one attached hydrogen (secondary N) is 1. The van der Waals surface area contributed by atoms with E-state index in [4.69, 9.17) is 5.73 Å². The highest BCUT2D eigenvalue weighted by Gasteiger charge is 2.24. The van der Waals surface area contributed by atoms with Crippen LogP contribution in [0.2, 0.25) is 0 Å². The van der Waals surface area contributed by atoms with Gasteiger partial charge in [-0.1, -0.05) is 33.1 Å². The quantitative estimate of drug-likeness (QED) is 0.731. The summed E-state index contributed by atoms with van der Waals surface area (Å²) < 4.78 is 0. The molecule has 4 unspecified atom stereocenters. The smallest absolute Gasteiger partial charge is 0.0110 e. The highest BCUT2D eigenvalue weighted by Crippen LogP contribution is 2.24. The molecule has 2 nitrogen and oxygen atoms in total. The van der Waals surface area contributed by atoms with E-state index in [0.717, 1.165) is 12.5 Å². The molecule has 0 aromatic rings. The SMILES string of the molecule is CCC(C)CC(C)NC1CCCCC1CN. The molecule has 1 aliphatic rings. The van der Waals surface area contributed by atoms with Crippen LogP contribution in [0.25, 0.3) is 0 Å². The van der Waals surface area contributed by atoms with Gasteiger partial charge in [0.1, 0.15) is 0 Å². The lowest BCUT2D eigenvalue weighted by atomic mass is 9.84. The molecule has 3 N–H and O–H groups in total. The largest absolute Gasteiger partial charge is 0.330 e. The first-order chi connectivity index (χ1) is 7.67. The molecule has 0 heterocycles. The van der Waals surface area contributed by atoms with Crippen LogP contribution in [0, 0.1) is 11.8 Å². The first-order valence-electron chi connectivity index (χ1n) is 7.13. The molecule has 0 bridgehead atoms. The topological polar surface area (TPSA) is 38.0 Å². The Morgan fingerprint density at radius 3 is 2.56 bits per heavy atom. The Morgan fingerprint density at radius 1 is 1.25 bits per heavy atom. The molecule has 1 saturated carbocycles. The molecular weight excluding hydrogens is 196 g/mol. The number of hydrogen-bond donors (Lipinski definition) is 2. The van der Waals surface area contributed by atoms with Crippen molar-refractivity contribution in [3.63, 3.8) is 0 Å². The molecule has 96 valence electrons. The van der Waals surface area contributed by atoms with E-state index in [1.807, 2.05) is 0 Å². The van der Waals surface area contributed by atoms with Crippen molar-refractivity contribution in [3.8, 4) is 0 Å². The lowest BCUT2D eigenvalue weighted by Crippen LogP contribution is -2.46. The minimum atomic E-state index is 0.645. The van der Waals surface area contributed by atoms with E-state index >= 15 is 0 Å². The van der Waals surface area contributed by atoms with Crippen LogP contribution in [0.5, 0.6) is 0 Å². The van der Waals surface area contributed by atoms with Crippen molar-refractivity contribution in [2.24, 2.45) is 17.6 Å². The molecule has 4 atom stereocenters. The fourth-order valence-electron chi connectivity index (χ4n) is 2.91. The highest BCUT2D eigenvalue weighted by atomic mass is 15.0. The third kappa shape index (κ3) is 4.42. The Balaban J connectivity index is 2.32. The molecule has 1 fully saturated rings. The lowest BCUT2D eigenvalue weighted by Gasteiger charge is -2.34. The van der Waals surface area contributed by atoms with Crippen molar-refractivity contribution in [2.45, 2.75) is 71.4 Å². The second kappa shape index (κ2) is 7.29. The summed E-state index contributed by atoms with van der Waals surface area (Å²) in [5.74, 6) is 1.55. The Labute approximate surface area is 101 Å². The summed E-state index contributed by atoms with van der Waals surface area (Å²) in [4.78, 5) is 0. The van der Waals surface area contributed by atoms with Crippen molar-refractivity contribution in [3.05, 3.63) is 0 Å². The Bertz CT molecular complexity index is 182. The summed E-state index contributed by atoms with van der Waals surface area (Å²) in [6.45, 7) is 7.81. The maximum atomic E-state index is 5.86. The van der Waals surface area contributed by atoms with Gasteiger partial charge in [0.05, 0.1) is 0 Å². The number of hydrogen-bond acceptors (Lipinski definition) is 2. The van der Waals surface area contributed by atoms with Gasteiger partial charge in [0.25, 0.3) is 0 Å². The molecule has 16 heavy (non-hydrogen) atoms. The maximum absolute atomic E-state index is 5.86. The van der Waals surface area contributed by atoms with Crippen molar-refractivity contribution in [2.75, 3.05) is 6.54 Å². The van der Waals surface area contributed by atoms with Crippen LogP contribution in [-0.4, -0.2) is 18.6 Å². The molecule has 0 radical (unpaired) electrons. The fourth-order valence-corrected chi connectivity index (χ4v) is 2.91. The summed E-state index contributed by atoms with van der Waals surface area (Å²) in [5.41, 5.74) is 5.86. The summed E-state index contributed by atoms with van der Waals surface area (Å²) in [5, 5.41) is 3.81. The first-order valence-corrected chi connectivity index (χ1v) is 7.13. The van der Waals surface area contributed by atoms with Crippen LogP contribution < -0.4 is 11.1 Å². The van der Waals surface area contributed by atoms with Crippen LogP contribution in [0.1, 0.15) is 59.3 Å². The van der Waals surface area contributed by atoms with Crippen LogP contribution >= 0.6 is 0 Å². The van der Waals surface area contributed by atoms with E-state index in [2.05, 4.69) is 26.1 Å². The second-order valence-electron chi connectivity index (χ2n) is 5.70. The van der Waals surface area contributed by atoms with Crippen LogP contribution in [0.15, 0.2) is 0 Å². The van der Waals surface area contributed by atoms with E-state index in [1.165, 1.54) is 38.5 Å². The monoisotopic (exact) mass is 226 g/mol. The van der Waals surface area contributed by atoms with Crippen LogP contribution in [0.3, 0.4) is 0 Å². The normalized spacial score (nSPS) is 30.0. The standard InChI is InChI=1S/C14H30N2/c1-4-11(2)9-12(3)16-14-8-6-5-7-13(14)10-15/h11-14,16H,4-10,15H2,1-3H3. The van der Waals surface area contributed by atoms with E-state index in [9.17, 15) is 0 Å². The molecule has 0 saturated heterocycles. The molecule has 0 spiro atoms. The zero-order chi connectivity index (χ0) is 12.0. The second-order valence-corrected chi connectivity index (χ2v) is 5.70. The molecule has 0 aromatic heterocycles. The summed E-state index contributed by atoms with van der Waals surface area (Å²) in [6.07, 6.45) is 7.99. The van der Waals surface area contributed by atoms with Gasteiger partial charge in [0.15, 0.2) is 0 Å². The van der Waals surface area contributed by atoms with Crippen LogP contribution in [0.4, 0.5) is 0 Å². The first kappa shape index (κ1) is 14.0. The zero-order valence-electron chi connectivity index (χ0n) is 11.3.